The van der Waals surface area contributed by atoms with E-state index < -0.39 is 0 Å². The minimum Gasteiger partial charge on any atom is -0.329 e. The summed E-state index contributed by atoms with van der Waals surface area (Å²) in [7, 11) is 2.29. The molecule has 1 saturated carbocycles. The molecule has 0 bridgehead atoms. The van der Waals surface area contributed by atoms with Gasteiger partial charge in [0.05, 0.1) is 0 Å². The van der Waals surface area contributed by atoms with Crippen molar-refractivity contribution >= 4 is 0 Å². The monoisotopic (exact) mass is 240 g/mol. The van der Waals surface area contributed by atoms with Crippen LogP contribution in [0.2, 0.25) is 0 Å². The maximum absolute atomic E-state index is 6.15. The van der Waals surface area contributed by atoms with Crippen LogP contribution in [-0.2, 0) is 0 Å². The topological polar surface area (TPSA) is 29.3 Å². The first kappa shape index (κ1) is 15.0. The highest BCUT2D eigenvalue weighted by Gasteiger charge is 2.37. The second-order valence-electron chi connectivity index (χ2n) is 6.56. The van der Waals surface area contributed by atoms with E-state index in [1.54, 1.807) is 0 Å². The lowest BCUT2D eigenvalue weighted by molar-refractivity contribution is 0.0493. The molecule has 0 amide bonds. The Kier molecular flexibility index (Phi) is 5.46. The van der Waals surface area contributed by atoms with E-state index in [4.69, 9.17) is 5.73 Å². The van der Waals surface area contributed by atoms with Crippen LogP contribution in [0.4, 0.5) is 0 Å². The molecule has 1 fully saturated rings. The fourth-order valence-corrected chi connectivity index (χ4v) is 3.14. The molecule has 1 aliphatic carbocycles. The molecule has 0 aliphatic heterocycles. The Labute approximate surface area is 108 Å². The standard InChI is InChI=1S/C15H32N2/c1-12(2)14(4)17(5)15(11-16)9-6-7-13(3)8-10-15/h12-14H,6-11,16H2,1-5H3. The van der Waals surface area contributed by atoms with Crippen molar-refractivity contribution in [1.82, 2.24) is 4.90 Å². The molecule has 0 spiro atoms. The number of hydrogen-bond donors (Lipinski definition) is 1. The van der Waals surface area contributed by atoms with Gasteiger partial charge in [0.1, 0.15) is 0 Å². The average Bonchev–Trinajstić information content (AvgIpc) is 2.50. The summed E-state index contributed by atoms with van der Waals surface area (Å²) in [6, 6.07) is 0.618. The number of hydrogen-bond acceptors (Lipinski definition) is 2. The van der Waals surface area contributed by atoms with Crippen molar-refractivity contribution in [3.63, 3.8) is 0 Å². The fraction of sp³-hybridized carbons (Fsp3) is 1.00. The molecule has 3 atom stereocenters. The van der Waals surface area contributed by atoms with Crippen LogP contribution in [0.3, 0.4) is 0 Å². The third-order valence-corrected chi connectivity index (χ3v) is 5.15. The number of rotatable bonds is 4. The molecular formula is C15H32N2. The van der Waals surface area contributed by atoms with E-state index >= 15 is 0 Å². The van der Waals surface area contributed by atoms with E-state index in [2.05, 4.69) is 39.6 Å². The molecule has 2 heteroatoms. The van der Waals surface area contributed by atoms with Crippen LogP contribution in [0, 0.1) is 11.8 Å². The van der Waals surface area contributed by atoms with Crippen molar-refractivity contribution in [2.24, 2.45) is 17.6 Å². The third-order valence-electron chi connectivity index (χ3n) is 5.15. The fourth-order valence-electron chi connectivity index (χ4n) is 3.14. The number of likely N-dealkylation sites (N-methyl/N-ethyl adjacent to an activating group) is 1. The Morgan fingerprint density at radius 3 is 2.41 bits per heavy atom. The summed E-state index contributed by atoms with van der Waals surface area (Å²) in [5.74, 6) is 1.58. The van der Waals surface area contributed by atoms with Gasteiger partial charge in [-0.05, 0) is 45.1 Å². The minimum atomic E-state index is 0.258. The largest absolute Gasteiger partial charge is 0.329 e. The number of nitrogens with zero attached hydrogens (tertiary/aromatic N) is 1. The van der Waals surface area contributed by atoms with Gasteiger partial charge in [-0.25, -0.2) is 0 Å². The predicted molar refractivity (Wildman–Crippen MR) is 76.1 cm³/mol. The van der Waals surface area contributed by atoms with Crippen molar-refractivity contribution in [1.29, 1.82) is 0 Å². The Morgan fingerprint density at radius 2 is 1.88 bits per heavy atom. The van der Waals surface area contributed by atoms with Crippen molar-refractivity contribution in [2.75, 3.05) is 13.6 Å². The Balaban J connectivity index is 2.79. The van der Waals surface area contributed by atoms with E-state index in [-0.39, 0.29) is 5.54 Å². The summed E-state index contributed by atoms with van der Waals surface area (Å²) >= 11 is 0. The molecule has 0 aromatic heterocycles. The Bertz CT molecular complexity index is 227. The van der Waals surface area contributed by atoms with Crippen molar-refractivity contribution in [3.05, 3.63) is 0 Å². The third kappa shape index (κ3) is 3.45. The zero-order valence-corrected chi connectivity index (χ0v) is 12.5. The lowest BCUT2D eigenvalue weighted by Gasteiger charge is -2.45. The summed E-state index contributed by atoms with van der Waals surface area (Å²) in [5.41, 5.74) is 6.41. The van der Waals surface area contributed by atoms with Crippen LogP contribution in [0.5, 0.6) is 0 Å². The summed E-state index contributed by atoms with van der Waals surface area (Å²) in [4.78, 5) is 2.58. The normalized spacial score (nSPS) is 32.8. The van der Waals surface area contributed by atoms with Gasteiger partial charge in [0, 0.05) is 18.1 Å². The molecule has 17 heavy (non-hydrogen) atoms. The highest BCUT2D eigenvalue weighted by molar-refractivity contribution is 4.95. The van der Waals surface area contributed by atoms with E-state index in [9.17, 15) is 0 Å². The van der Waals surface area contributed by atoms with E-state index in [0.29, 0.717) is 12.0 Å². The van der Waals surface area contributed by atoms with E-state index in [1.807, 2.05) is 0 Å². The zero-order chi connectivity index (χ0) is 13.1. The van der Waals surface area contributed by atoms with Gasteiger partial charge >= 0.3 is 0 Å². The molecule has 0 radical (unpaired) electrons. The SMILES string of the molecule is CC1CCCC(CN)(N(C)C(C)C(C)C)CC1. The Hall–Kier alpha value is -0.0800. The predicted octanol–water partition coefficient (Wildman–Crippen LogP) is 3.26. The molecule has 0 aromatic carbocycles. The summed E-state index contributed by atoms with van der Waals surface area (Å²) in [6.07, 6.45) is 6.62. The highest BCUT2D eigenvalue weighted by atomic mass is 15.2. The molecule has 3 unspecified atom stereocenters. The van der Waals surface area contributed by atoms with Gasteiger partial charge in [-0.3, -0.25) is 4.90 Å². The molecule has 1 aliphatic rings. The first-order chi connectivity index (χ1) is 7.93. The highest BCUT2D eigenvalue weighted by Crippen LogP contribution is 2.35. The molecule has 2 N–H and O–H groups in total. The first-order valence-electron chi connectivity index (χ1n) is 7.36. The van der Waals surface area contributed by atoms with Gasteiger partial charge < -0.3 is 5.73 Å². The lowest BCUT2D eigenvalue weighted by Crippen LogP contribution is -2.56. The quantitative estimate of drug-likeness (QED) is 0.764. The van der Waals surface area contributed by atoms with Gasteiger partial charge in [0.15, 0.2) is 0 Å². The van der Waals surface area contributed by atoms with Gasteiger partial charge in [0.25, 0.3) is 0 Å². The maximum Gasteiger partial charge on any atom is 0.0331 e. The van der Waals surface area contributed by atoms with E-state index in [1.165, 1.54) is 32.1 Å². The zero-order valence-electron chi connectivity index (χ0n) is 12.5. The van der Waals surface area contributed by atoms with Crippen LogP contribution in [0.1, 0.15) is 59.8 Å². The second-order valence-corrected chi connectivity index (χ2v) is 6.56. The van der Waals surface area contributed by atoms with Crippen LogP contribution in [0.15, 0.2) is 0 Å². The van der Waals surface area contributed by atoms with Crippen molar-refractivity contribution in [2.45, 2.75) is 71.4 Å². The molecule has 2 nitrogen and oxygen atoms in total. The smallest absolute Gasteiger partial charge is 0.0331 e. The minimum absolute atomic E-state index is 0.258. The molecule has 0 saturated heterocycles. The number of nitrogens with two attached hydrogens (primary N) is 1. The maximum atomic E-state index is 6.15. The summed E-state index contributed by atoms with van der Waals surface area (Å²) in [5, 5.41) is 0. The Morgan fingerprint density at radius 1 is 1.24 bits per heavy atom. The van der Waals surface area contributed by atoms with Gasteiger partial charge in [-0.1, -0.05) is 33.6 Å². The summed E-state index contributed by atoms with van der Waals surface area (Å²) in [6.45, 7) is 10.2. The second kappa shape index (κ2) is 6.19. The van der Waals surface area contributed by atoms with Gasteiger partial charge in [0.2, 0.25) is 0 Å². The molecular weight excluding hydrogens is 208 g/mol. The van der Waals surface area contributed by atoms with E-state index in [0.717, 1.165) is 12.5 Å². The summed E-state index contributed by atoms with van der Waals surface area (Å²) < 4.78 is 0. The van der Waals surface area contributed by atoms with Gasteiger partial charge in [-0.15, -0.1) is 0 Å². The van der Waals surface area contributed by atoms with Crippen molar-refractivity contribution in [3.8, 4) is 0 Å². The molecule has 1 rings (SSSR count). The van der Waals surface area contributed by atoms with Crippen molar-refractivity contribution < 1.29 is 0 Å². The molecule has 0 aromatic rings. The first-order valence-corrected chi connectivity index (χ1v) is 7.36. The lowest BCUT2D eigenvalue weighted by atomic mass is 9.85. The average molecular weight is 240 g/mol. The van der Waals surface area contributed by atoms with Crippen LogP contribution in [-0.4, -0.2) is 30.1 Å². The van der Waals surface area contributed by atoms with Crippen LogP contribution >= 0.6 is 0 Å². The van der Waals surface area contributed by atoms with Crippen LogP contribution < -0.4 is 5.73 Å². The molecule has 102 valence electrons. The van der Waals surface area contributed by atoms with Crippen LogP contribution in [0.25, 0.3) is 0 Å². The van der Waals surface area contributed by atoms with Gasteiger partial charge in [-0.2, -0.15) is 0 Å². The molecule has 0 heterocycles.